The average molecular weight is 314 g/mol. The van der Waals surface area contributed by atoms with Crippen molar-refractivity contribution < 1.29 is 4.79 Å². The lowest BCUT2D eigenvalue weighted by molar-refractivity contribution is -0.123. The van der Waals surface area contributed by atoms with Crippen LogP contribution in [0.5, 0.6) is 0 Å². The van der Waals surface area contributed by atoms with Gasteiger partial charge in [0.25, 0.3) is 0 Å². The molecule has 1 aliphatic heterocycles. The van der Waals surface area contributed by atoms with Crippen LogP contribution in [0.4, 0.5) is 0 Å². The van der Waals surface area contributed by atoms with Gasteiger partial charge in [0, 0.05) is 11.7 Å². The van der Waals surface area contributed by atoms with Crippen molar-refractivity contribution in [1.29, 1.82) is 5.26 Å². The van der Waals surface area contributed by atoms with Gasteiger partial charge in [-0.3, -0.25) is 4.79 Å². The normalized spacial score (nSPS) is 30.1. The third-order valence-corrected chi connectivity index (χ3v) is 5.95. The van der Waals surface area contributed by atoms with E-state index in [0.29, 0.717) is 11.8 Å². The van der Waals surface area contributed by atoms with Crippen LogP contribution in [0, 0.1) is 17.2 Å². The summed E-state index contributed by atoms with van der Waals surface area (Å²) in [5.74, 6) is 2.63. The van der Waals surface area contributed by atoms with Crippen molar-refractivity contribution in [1.82, 2.24) is 5.32 Å². The van der Waals surface area contributed by atoms with Crippen LogP contribution in [-0.2, 0) is 4.79 Å². The second-order valence-corrected chi connectivity index (χ2v) is 7.86. The molecule has 2 fully saturated rings. The summed E-state index contributed by atoms with van der Waals surface area (Å²) in [6.07, 6.45) is 1.67. The quantitative estimate of drug-likeness (QED) is 0.926. The first kappa shape index (κ1) is 15.4. The van der Waals surface area contributed by atoms with E-state index in [1.54, 1.807) is 11.8 Å². The topological polar surface area (TPSA) is 52.9 Å². The minimum Gasteiger partial charge on any atom is -0.337 e. The van der Waals surface area contributed by atoms with Crippen molar-refractivity contribution in [3.63, 3.8) is 0 Å². The summed E-state index contributed by atoms with van der Waals surface area (Å²) in [6, 6.07) is 10.9. The molecule has 0 unspecified atom stereocenters. The summed E-state index contributed by atoms with van der Waals surface area (Å²) in [4.78, 5) is 12.4. The molecule has 22 heavy (non-hydrogen) atoms. The molecule has 3 atom stereocenters. The molecular formula is C18H22N2OS. The molecule has 0 radical (unpaired) electrons. The van der Waals surface area contributed by atoms with Crippen LogP contribution >= 0.6 is 11.8 Å². The number of amides is 1. The summed E-state index contributed by atoms with van der Waals surface area (Å²) in [6.45, 7) is 4.37. The summed E-state index contributed by atoms with van der Waals surface area (Å²) >= 11 is 1.74. The maximum Gasteiger partial charge on any atom is 0.225 e. The highest BCUT2D eigenvalue weighted by Crippen LogP contribution is 2.48. The Bertz CT molecular complexity index is 597. The van der Waals surface area contributed by atoms with E-state index in [1.807, 2.05) is 0 Å². The molecule has 4 heteroatoms. The maximum absolute atomic E-state index is 12.4. The van der Waals surface area contributed by atoms with Crippen molar-refractivity contribution >= 4 is 17.7 Å². The van der Waals surface area contributed by atoms with Crippen LogP contribution in [-0.4, -0.2) is 23.0 Å². The van der Waals surface area contributed by atoms with Gasteiger partial charge >= 0.3 is 0 Å². The molecule has 1 aromatic carbocycles. The first-order chi connectivity index (χ1) is 10.5. The lowest BCUT2D eigenvalue weighted by Gasteiger charge is -2.21. The highest BCUT2D eigenvalue weighted by atomic mass is 32.2. The van der Waals surface area contributed by atoms with Crippen LogP contribution in [0.15, 0.2) is 24.3 Å². The second kappa shape index (κ2) is 5.96. The minimum atomic E-state index is -0.629. The summed E-state index contributed by atoms with van der Waals surface area (Å²) < 4.78 is 0. The fourth-order valence-electron chi connectivity index (χ4n) is 3.09. The molecule has 116 valence electrons. The van der Waals surface area contributed by atoms with Crippen molar-refractivity contribution in [2.24, 2.45) is 5.92 Å². The molecule has 1 aliphatic carbocycles. The molecule has 1 saturated carbocycles. The number of carbonyl (C=O) groups excluding carboxylic acids is 1. The molecule has 0 spiro atoms. The van der Waals surface area contributed by atoms with E-state index in [2.05, 4.69) is 49.5 Å². The fraction of sp³-hybridized carbons (Fsp3) is 0.556. The largest absolute Gasteiger partial charge is 0.337 e. The second-order valence-electron chi connectivity index (χ2n) is 6.76. The molecule has 3 rings (SSSR count). The zero-order valence-corrected chi connectivity index (χ0v) is 14.0. The van der Waals surface area contributed by atoms with E-state index in [0.717, 1.165) is 24.3 Å². The molecule has 0 aromatic heterocycles. The van der Waals surface area contributed by atoms with Gasteiger partial charge < -0.3 is 5.32 Å². The van der Waals surface area contributed by atoms with Gasteiger partial charge in [0.1, 0.15) is 5.54 Å². The molecule has 1 aromatic rings. The van der Waals surface area contributed by atoms with Gasteiger partial charge in [-0.2, -0.15) is 17.0 Å². The van der Waals surface area contributed by atoms with Gasteiger partial charge in [-0.1, -0.05) is 38.1 Å². The van der Waals surface area contributed by atoms with Gasteiger partial charge in [0.05, 0.1) is 6.07 Å². The van der Waals surface area contributed by atoms with Crippen LogP contribution in [0.3, 0.4) is 0 Å². The molecule has 0 bridgehead atoms. The summed E-state index contributed by atoms with van der Waals surface area (Å²) in [5.41, 5.74) is 1.95. The summed E-state index contributed by atoms with van der Waals surface area (Å²) in [5, 5.41) is 12.4. The number of nitriles is 1. The first-order valence-corrected chi connectivity index (χ1v) is 9.11. The zero-order valence-electron chi connectivity index (χ0n) is 13.1. The Hall–Kier alpha value is -1.47. The number of hydrogen-bond donors (Lipinski definition) is 1. The third kappa shape index (κ3) is 3.01. The van der Waals surface area contributed by atoms with Gasteiger partial charge in [-0.25, -0.2) is 0 Å². The van der Waals surface area contributed by atoms with E-state index < -0.39 is 5.54 Å². The van der Waals surface area contributed by atoms with Crippen LogP contribution in [0.25, 0.3) is 0 Å². The first-order valence-electron chi connectivity index (χ1n) is 7.95. The minimum absolute atomic E-state index is 0.0423. The Morgan fingerprint density at radius 1 is 1.41 bits per heavy atom. The Morgan fingerprint density at radius 2 is 2.14 bits per heavy atom. The van der Waals surface area contributed by atoms with Gasteiger partial charge in [0.15, 0.2) is 0 Å². The van der Waals surface area contributed by atoms with E-state index in [9.17, 15) is 10.1 Å². The molecule has 2 aliphatic rings. The van der Waals surface area contributed by atoms with Crippen LogP contribution in [0.2, 0.25) is 0 Å². The Labute approximate surface area is 136 Å². The average Bonchev–Trinajstić information content (AvgIpc) is 3.20. The van der Waals surface area contributed by atoms with Crippen molar-refractivity contribution in [2.75, 3.05) is 11.5 Å². The van der Waals surface area contributed by atoms with Gasteiger partial charge in [0.2, 0.25) is 5.91 Å². The Morgan fingerprint density at radius 3 is 2.68 bits per heavy atom. The molecule has 1 N–H and O–H groups in total. The predicted molar refractivity (Wildman–Crippen MR) is 89.8 cm³/mol. The lowest BCUT2D eigenvalue weighted by atomic mass is 9.99. The number of thioether (sulfide) groups is 1. The van der Waals surface area contributed by atoms with Crippen LogP contribution < -0.4 is 5.32 Å². The third-order valence-electron chi connectivity index (χ3n) is 4.76. The smallest absolute Gasteiger partial charge is 0.225 e. The predicted octanol–water partition coefficient (Wildman–Crippen LogP) is 3.43. The summed E-state index contributed by atoms with van der Waals surface area (Å²) in [7, 11) is 0. The van der Waals surface area contributed by atoms with Crippen molar-refractivity contribution in [2.45, 2.75) is 44.1 Å². The lowest BCUT2D eigenvalue weighted by Crippen LogP contribution is -2.48. The highest BCUT2D eigenvalue weighted by molar-refractivity contribution is 7.99. The van der Waals surface area contributed by atoms with E-state index in [1.165, 1.54) is 11.1 Å². The van der Waals surface area contributed by atoms with Crippen molar-refractivity contribution in [3.8, 4) is 6.07 Å². The standard InChI is InChI=1S/C18H22N2OS/c1-12(2)13-3-5-14(6-4-13)15-9-16(15)17(21)20-18(10-19)7-8-22-11-18/h3-6,12,15-16H,7-9,11H2,1-2H3,(H,20,21)/t15-,16+,18+/m0/s1. The molecule has 1 heterocycles. The van der Waals surface area contributed by atoms with E-state index >= 15 is 0 Å². The SMILES string of the molecule is CC(C)c1ccc([C@@H]2C[C@H]2C(=O)N[C@@]2(C#N)CCSC2)cc1. The molecule has 1 amide bonds. The van der Waals surface area contributed by atoms with E-state index in [-0.39, 0.29) is 11.8 Å². The Kier molecular flexibility index (Phi) is 4.18. The highest BCUT2D eigenvalue weighted by Gasteiger charge is 2.47. The number of hydrogen-bond acceptors (Lipinski definition) is 3. The molecule has 3 nitrogen and oxygen atoms in total. The monoisotopic (exact) mass is 314 g/mol. The van der Waals surface area contributed by atoms with E-state index in [4.69, 9.17) is 0 Å². The van der Waals surface area contributed by atoms with Crippen LogP contribution in [0.1, 0.15) is 49.7 Å². The number of nitrogens with zero attached hydrogens (tertiary/aromatic N) is 1. The number of nitrogens with one attached hydrogen (secondary N) is 1. The fourth-order valence-corrected chi connectivity index (χ4v) is 4.36. The Balaban J connectivity index is 1.62. The maximum atomic E-state index is 12.4. The number of carbonyl (C=O) groups is 1. The molecule has 1 saturated heterocycles. The number of rotatable bonds is 4. The zero-order chi connectivity index (χ0) is 15.7. The van der Waals surface area contributed by atoms with Crippen molar-refractivity contribution in [3.05, 3.63) is 35.4 Å². The van der Waals surface area contributed by atoms with Gasteiger partial charge in [-0.15, -0.1) is 0 Å². The van der Waals surface area contributed by atoms with Gasteiger partial charge in [-0.05, 0) is 41.6 Å². The number of benzene rings is 1. The molecular weight excluding hydrogens is 292 g/mol.